The summed E-state index contributed by atoms with van der Waals surface area (Å²) in [4.78, 5) is 4.07. The van der Waals surface area contributed by atoms with Crippen LogP contribution >= 0.6 is 11.6 Å². The molecule has 0 radical (unpaired) electrons. The summed E-state index contributed by atoms with van der Waals surface area (Å²) in [7, 11) is 0. The molecule has 1 heterocycles. The van der Waals surface area contributed by atoms with Crippen molar-refractivity contribution in [2.75, 3.05) is 0 Å². The third kappa shape index (κ3) is 1.23. The molecular weight excluding hydrogens is 186 g/mol. The monoisotopic (exact) mass is 193 g/mol. The molecule has 2 nitrogen and oxygen atoms in total. The van der Waals surface area contributed by atoms with Gasteiger partial charge in [-0.1, -0.05) is 11.6 Å². The molecule has 13 heavy (non-hydrogen) atoms. The van der Waals surface area contributed by atoms with Crippen LogP contribution in [0.5, 0.6) is 5.75 Å². The van der Waals surface area contributed by atoms with E-state index in [4.69, 9.17) is 11.6 Å². The van der Waals surface area contributed by atoms with E-state index in [9.17, 15) is 5.11 Å². The SMILES string of the molecule is Cc1cc(Cl)c2cccnc2c1O. The van der Waals surface area contributed by atoms with Crippen molar-refractivity contribution < 1.29 is 5.11 Å². The van der Waals surface area contributed by atoms with Gasteiger partial charge in [-0.25, -0.2) is 0 Å². The van der Waals surface area contributed by atoms with Crippen LogP contribution in [0.3, 0.4) is 0 Å². The number of halogens is 1. The number of aromatic nitrogens is 1. The maximum absolute atomic E-state index is 9.66. The Hall–Kier alpha value is -1.28. The van der Waals surface area contributed by atoms with E-state index in [0.29, 0.717) is 10.5 Å². The Kier molecular flexibility index (Phi) is 1.85. The second-order valence-electron chi connectivity index (χ2n) is 2.92. The predicted molar refractivity (Wildman–Crippen MR) is 53.2 cm³/mol. The van der Waals surface area contributed by atoms with E-state index < -0.39 is 0 Å². The van der Waals surface area contributed by atoms with E-state index in [-0.39, 0.29) is 5.75 Å². The van der Waals surface area contributed by atoms with Crippen molar-refractivity contribution in [1.29, 1.82) is 0 Å². The summed E-state index contributed by atoms with van der Waals surface area (Å²) in [5.74, 6) is 0.208. The average molecular weight is 194 g/mol. The van der Waals surface area contributed by atoms with Crippen molar-refractivity contribution in [2.24, 2.45) is 0 Å². The van der Waals surface area contributed by atoms with Crippen molar-refractivity contribution >= 4 is 22.5 Å². The fourth-order valence-electron chi connectivity index (χ4n) is 1.31. The lowest BCUT2D eigenvalue weighted by Gasteiger charge is -2.04. The fourth-order valence-corrected chi connectivity index (χ4v) is 1.63. The van der Waals surface area contributed by atoms with Crippen LogP contribution < -0.4 is 0 Å². The standard InChI is InChI=1S/C10H8ClNO/c1-6-5-8(11)7-3-2-4-12-9(7)10(6)13/h2-5,13H,1H3. The molecule has 1 aromatic carbocycles. The number of hydrogen-bond donors (Lipinski definition) is 1. The number of phenolic OH excluding ortho intramolecular Hbond substituents is 1. The number of aromatic hydroxyl groups is 1. The molecular formula is C10H8ClNO. The Balaban J connectivity index is 2.97. The van der Waals surface area contributed by atoms with Gasteiger partial charge in [0.2, 0.25) is 0 Å². The highest BCUT2D eigenvalue weighted by atomic mass is 35.5. The second kappa shape index (κ2) is 2.89. The Labute approximate surface area is 80.8 Å². The molecule has 0 aliphatic carbocycles. The van der Waals surface area contributed by atoms with E-state index >= 15 is 0 Å². The van der Waals surface area contributed by atoms with Gasteiger partial charge in [0.15, 0.2) is 0 Å². The smallest absolute Gasteiger partial charge is 0.144 e. The number of hydrogen-bond acceptors (Lipinski definition) is 2. The first-order chi connectivity index (χ1) is 6.20. The lowest BCUT2D eigenvalue weighted by atomic mass is 10.1. The summed E-state index contributed by atoms with van der Waals surface area (Å²) < 4.78 is 0. The summed E-state index contributed by atoms with van der Waals surface area (Å²) in [6.45, 7) is 1.80. The van der Waals surface area contributed by atoms with Crippen LogP contribution in [0.15, 0.2) is 24.4 Å². The molecule has 0 aliphatic heterocycles. The first-order valence-electron chi connectivity index (χ1n) is 3.93. The molecule has 0 bridgehead atoms. The van der Waals surface area contributed by atoms with Gasteiger partial charge in [0, 0.05) is 11.6 Å². The molecule has 0 aliphatic rings. The first-order valence-corrected chi connectivity index (χ1v) is 4.31. The summed E-state index contributed by atoms with van der Waals surface area (Å²) in [6.07, 6.45) is 1.64. The third-order valence-corrected chi connectivity index (χ3v) is 2.32. The van der Waals surface area contributed by atoms with Gasteiger partial charge in [-0.15, -0.1) is 0 Å². The lowest BCUT2D eigenvalue weighted by molar-refractivity contribution is 0.476. The minimum Gasteiger partial charge on any atom is -0.505 e. The van der Waals surface area contributed by atoms with Gasteiger partial charge in [-0.2, -0.15) is 0 Å². The minimum absolute atomic E-state index is 0.208. The van der Waals surface area contributed by atoms with E-state index in [1.165, 1.54) is 0 Å². The molecule has 0 fully saturated rings. The van der Waals surface area contributed by atoms with Crippen molar-refractivity contribution in [2.45, 2.75) is 6.92 Å². The van der Waals surface area contributed by atoms with Crippen LogP contribution in [0, 0.1) is 6.92 Å². The number of benzene rings is 1. The minimum atomic E-state index is 0.208. The van der Waals surface area contributed by atoms with Crippen LogP contribution in [-0.4, -0.2) is 10.1 Å². The topological polar surface area (TPSA) is 33.1 Å². The number of aryl methyl sites for hydroxylation is 1. The molecule has 1 aromatic heterocycles. The fraction of sp³-hybridized carbons (Fsp3) is 0.100. The van der Waals surface area contributed by atoms with Gasteiger partial charge >= 0.3 is 0 Å². The molecule has 0 unspecified atom stereocenters. The molecule has 0 saturated carbocycles. The zero-order valence-electron chi connectivity index (χ0n) is 7.08. The van der Waals surface area contributed by atoms with Crippen molar-refractivity contribution in [3.63, 3.8) is 0 Å². The quantitative estimate of drug-likeness (QED) is 0.698. The molecule has 0 atom stereocenters. The number of phenols is 1. The zero-order valence-corrected chi connectivity index (χ0v) is 7.84. The van der Waals surface area contributed by atoms with Gasteiger partial charge in [0.05, 0.1) is 5.02 Å². The Morgan fingerprint density at radius 1 is 1.46 bits per heavy atom. The summed E-state index contributed by atoms with van der Waals surface area (Å²) in [5.41, 5.74) is 1.31. The number of pyridine rings is 1. The van der Waals surface area contributed by atoms with Crippen LogP contribution in [0.25, 0.3) is 10.9 Å². The van der Waals surface area contributed by atoms with Gasteiger partial charge in [0.25, 0.3) is 0 Å². The van der Waals surface area contributed by atoms with Crippen molar-refractivity contribution in [3.8, 4) is 5.75 Å². The zero-order chi connectivity index (χ0) is 9.42. The van der Waals surface area contributed by atoms with Gasteiger partial charge in [0.1, 0.15) is 11.3 Å². The van der Waals surface area contributed by atoms with Crippen LogP contribution in [0.1, 0.15) is 5.56 Å². The van der Waals surface area contributed by atoms with Gasteiger partial charge in [-0.3, -0.25) is 4.98 Å². The van der Waals surface area contributed by atoms with E-state index in [1.807, 2.05) is 6.07 Å². The first kappa shape index (κ1) is 8.32. The number of rotatable bonds is 0. The number of nitrogens with zero attached hydrogens (tertiary/aromatic N) is 1. The molecule has 1 N–H and O–H groups in total. The Morgan fingerprint density at radius 3 is 3.00 bits per heavy atom. The molecule has 0 amide bonds. The Morgan fingerprint density at radius 2 is 2.23 bits per heavy atom. The van der Waals surface area contributed by atoms with Crippen LogP contribution in [0.4, 0.5) is 0 Å². The second-order valence-corrected chi connectivity index (χ2v) is 3.33. The maximum Gasteiger partial charge on any atom is 0.144 e. The molecule has 66 valence electrons. The van der Waals surface area contributed by atoms with Gasteiger partial charge < -0.3 is 5.11 Å². The normalized spacial score (nSPS) is 10.6. The van der Waals surface area contributed by atoms with E-state index in [2.05, 4.69) is 4.98 Å². The molecule has 2 aromatic rings. The Bertz CT molecular complexity index is 468. The highest BCUT2D eigenvalue weighted by Crippen LogP contribution is 2.31. The third-order valence-electron chi connectivity index (χ3n) is 2.01. The summed E-state index contributed by atoms with van der Waals surface area (Å²) in [5, 5.41) is 11.1. The largest absolute Gasteiger partial charge is 0.505 e. The van der Waals surface area contributed by atoms with Gasteiger partial charge in [-0.05, 0) is 30.7 Å². The lowest BCUT2D eigenvalue weighted by Crippen LogP contribution is -1.83. The van der Waals surface area contributed by atoms with Crippen LogP contribution in [0.2, 0.25) is 5.02 Å². The summed E-state index contributed by atoms with van der Waals surface area (Å²) >= 11 is 5.98. The average Bonchev–Trinajstić information content (AvgIpc) is 2.15. The molecule has 0 spiro atoms. The summed E-state index contributed by atoms with van der Waals surface area (Å²) in [6, 6.07) is 5.37. The highest BCUT2D eigenvalue weighted by molar-refractivity contribution is 6.35. The van der Waals surface area contributed by atoms with Crippen molar-refractivity contribution in [1.82, 2.24) is 4.98 Å². The maximum atomic E-state index is 9.66. The molecule has 2 rings (SSSR count). The molecule has 0 saturated heterocycles. The van der Waals surface area contributed by atoms with Crippen LogP contribution in [-0.2, 0) is 0 Å². The molecule has 3 heteroatoms. The van der Waals surface area contributed by atoms with E-state index in [0.717, 1.165) is 10.9 Å². The van der Waals surface area contributed by atoms with E-state index in [1.54, 1.807) is 25.3 Å². The van der Waals surface area contributed by atoms with Crippen molar-refractivity contribution in [3.05, 3.63) is 35.0 Å². The number of fused-ring (bicyclic) bond motifs is 1. The highest BCUT2D eigenvalue weighted by Gasteiger charge is 2.07. The predicted octanol–water partition coefficient (Wildman–Crippen LogP) is 2.90.